The van der Waals surface area contributed by atoms with Crippen molar-refractivity contribution in [2.45, 2.75) is 12.2 Å². The summed E-state index contributed by atoms with van der Waals surface area (Å²) in [5, 5.41) is 2.62. The van der Waals surface area contributed by atoms with E-state index >= 15 is 0 Å². The standard InChI is InChI=1S/C27H25NO10/c1-31-16-6-7-17-19(12-16)37-24(14-5-8-18-20(9-14)36-13-35-18)26(23(17)29)38-27(30)28-15-10-21(32-2)25(34-4)22(11-15)33-3/h5-12,24,26H,13H2,1-4H3,(H,28,30)/t24-,26?/m1/s1. The lowest BCUT2D eigenvalue weighted by atomic mass is 9.93. The number of ether oxygens (including phenoxy) is 8. The van der Waals surface area contributed by atoms with Gasteiger partial charge in [0.1, 0.15) is 11.5 Å². The molecule has 2 aliphatic heterocycles. The summed E-state index contributed by atoms with van der Waals surface area (Å²) >= 11 is 0. The van der Waals surface area contributed by atoms with E-state index < -0.39 is 24.1 Å². The van der Waals surface area contributed by atoms with Crippen LogP contribution in [0.2, 0.25) is 0 Å². The van der Waals surface area contributed by atoms with Gasteiger partial charge in [-0.3, -0.25) is 10.1 Å². The second-order valence-corrected chi connectivity index (χ2v) is 8.24. The van der Waals surface area contributed by atoms with E-state index in [1.54, 1.807) is 48.5 Å². The van der Waals surface area contributed by atoms with Gasteiger partial charge >= 0.3 is 6.09 Å². The molecule has 2 heterocycles. The number of rotatable bonds is 7. The van der Waals surface area contributed by atoms with Crippen LogP contribution in [0.15, 0.2) is 48.5 Å². The predicted octanol–water partition coefficient (Wildman–Crippen LogP) is 4.38. The molecule has 11 nitrogen and oxygen atoms in total. The number of hydrogen-bond acceptors (Lipinski definition) is 10. The molecule has 0 fully saturated rings. The Bertz CT molecular complexity index is 1360. The molecule has 0 spiro atoms. The van der Waals surface area contributed by atoms with Crippen molar-refractivity contribution in [1.29, 1.82) is 0 Å². The summed E-state index contributed by atoms with van der Waals surface area (Å²) in [6.45, 7) is 0.0837. The second kappa shape index (κ2) is 10.3. The average molecular weight is 523 g/mol. The van der Waals surface area contributed by atoms with Crippen molar-refractivity contribution in [2.24, 2.45) is 0 Å². The van der Waals surface area contributed by atoms with Gasteiger partial charge in [-0.15, -0.1) is 0 Å². The van der Waals surface area contributed by atoms with Crippen LogP contribution >= 0.6 is 0 Å². The predicted molar refractivity (Wildman–Crippen MR) is 133 cm³/mol. The minimum Gasteiger partial charge on any atom is -0.497 e. The molecule has 0 saturated heterocycles. The van der Waals surface area contributed by atoms with E-state index in [0.717, 1.165) is 0 Å². The lowest BCUT2D eigenvalue weighted by Gasteiger charge is -2.32. The van der Waals surface area contributed by atoms with Crippen LogP contribution in [0.4, 0.5) is 10.5 Å². The summed E-state index contributed by atoms with van der Waals surface area (Å²) in [6, 6.07) is 13.0. The van der Waals surface area contributed by atoms with Crippen LogP contribution in [0.3, 0.4) is 0 Å². The summed E-state index contributed by atoms with van der Waals surface area (Å²) in [7, 11) is 5.90. The minimum absolute atomic E-state index is 0.0837. The second-order valence-electron chi connectivity index (χ2n) is 8.24. The fraction of sp³-hybridized carbons (Fsp3) is 0.259. The summed E-state index contributed by atoms with van der Waals surface area (Å²) in [5.74, 6) is 2.48. The molecule has 11 heteroatoms. The van der Waals surface area contributed by atoms with Gasteiger partial charge in [0.25, 0.3) is 0 Å². The highest BCUT2D eigenvalue weighted by atomic mass is 16.7. The molecule has 0 aliphatic carbocycles. The zero-order valence-electron chi connectivity index (χ0n) is 21.1. The molecule has 0 saturated carbocycles. The van der Waals surface area contributed by atoms with E-state index in [4.69, 9.17) is 37.9 Å². The summed E-state index contributed by atoms with van der Waals surface area (Å²) < 4.78 is 44.0. The van der Waals surface area contributed by atoms with Crippen molar-refractivity contribution in [2.75, 3.05) is 40.5 Å². The van der Waals surface area contributed by atoms with Gasteiger partial charge in [0.15, 0.2) is 29.1 Å². The monoisotopic (exact) mass is 523 g/mol. The maximum absolute atomic E-state index is 13.6. The normalized spacial score (nSPS) is 17.1. The molecule has 0 aromatic heterocycles. The highest BCUT2D eigenvalue weighted by molar-refractivity contribution is 6.04. The topological polar surface area (TPSA) is 120 Å². The van der Waals surface area contributed by atoms with E-state index in [2.05, 4.69) is 5.32 Å². The average Bonchev–Trinajstić information content (AvgIpc) is 3.41. The van der Waals surface area contributed by atoms with Crippen LogP contribution in [0.25, 0.3) is 0 Å². The number of carbonyl (C=O) groups excluding carboxylic acids is 2. The number of ketones is 1. The smallest absolute Gasteiger partial charge is 0.412 e. The maximum atomic E-state index is 13.6. The zero-order chi connectivity index (χ0) is 26.8. The third-order valence-corrected chi connectivity index (χ3v) is 6.11. The van der Waals surface area contributed by atoms with Gasteiger partial charge in [0, 0.05) is 23.8 Å². The first kappa shape index (κ1) is 24.9. The van der Waals surface area contributed by atoms with Gasteiger partial charge in [-0.05, 0) is 24.3 Å². The Morgan fingerprint density at radius 3 is 2.26 bits per heavy atom. The molecule has 3 aromatic carbocycles. The van der Waals surface area contributed by atoms with Crippen molar-refractivity contribution in [3.63, 3.8) is 0 Å². The van der Waals surface area contributed by atoms with Crippen molar-refractivity contribution in [3.8, 4) is 40.2 Å². The molecule has 38 heavy (non-hydrogen) atoms. The van der Waals surface area contributed by atoms with Crippen molar-refractivity contribution < 1.29 is 47.5 Å². The first-order valence-electron chi connectivity index (χ1n) is 11.5. The molecule has 1 N–H and O–H groups in total. The number of fused-ring (bicyclic) bond motifs is 2. The Morgan fingerprint density at radius 2 is 1.58 bits per heavy atom. The van der Waals surface area contributed by atoms with Gasteiger partial charge in [-0.25, -0.2) is 4.79 Å². The Balaban J connectivity index is 1.46. The molecule has 2 atom stereocenters. The first-order valence-corrected chi connectivity index (χ1v) is 11.5. The molecule has 1 unspecified atom stereocenters. The fourth-order valence-electron chi connectivity index (χ4n) is 4.28. The van der Waals surface area contributed by atoms with E-state index in [-0.39, 0.29) is 12.4 Å². The Hall–Kier alpha value is -4.80. The van der Waals surface area contributed by atoms with Crippen LogP contribution in [-0.2, 0) is 4.74 Å². The van der Waals surface area contributed by atoms with Gasteiger partial charge in [0.2, 0.25) is 24.4 Å². The number of hydrogen-bond donors (Lipinski definition) is 1. The molecule has 3 aromatic rings. The number of amides is 1. The van der Waals surface area contributed by atoms with Gasteiger partial charge < -0.3 is 37.9 Å². The van der Waals surface area contributed by atoms with Gasteiger partial charge in [0.05, 0.1) is 39.7 Å². The molecular formula is C27H25NO10. The SMILES string of the molecule is COc1ccc2c(c1)O[C@H](c1ccc3c(c1)OCO3)C(OC(=O)Nc1cc(OC)c(OC)c(OC)c1)C2=O. The minimum atomic E-state index is -1.31. The van der Waals surface area contributed by atoms with Crippen molar-refractivity contribution >= 4 is 17.6 Å². The highest BCUT2D eigenvalue weighted by Crippen LogP contribution is 2.43. The Kier molecular flexibility index (Phi) is 6.73. The third-order valence-electron chi connectivity index (χ3n) is 6.11. The van der Waals surface area contributed by atoms with E-state index in [1.807, 2.05) is 0 Å². The number of methoxy groups -OCH3 is 4. The van der Waals surface area contributed by atoms with E-state index in [0.29, 0.717) is 51.5 Å². The summed E-state index contributed by atoms with van der Waals surface area (Å²) in [5.41, 5.74) is 1.12. The Morgan fingerprint density at radius 1 is 0.842 bits per heavy atom. The number of anilines is 1. The lowest BCUT2D eigenvalue weighted by molar-refractivity contribution is 0.0131. The number of carbonyl (C=O) groups is 2. The van der Waals surface area contributed by atoms with E-state index in [1.165, 1.54) is 28.4 Å². The molecular weight excluding hydrogens is 498 g/mol. The zero-order valence-corrected chi connectivity index (χ0v) is 21.1. The lowest BCUT2D eigenvalue weighted by Crippen LogP contribution is -2.40. The van der Waals surface area contributed by atoms with Gasteiger partial charge in [-0.1, -0.05) is 6.07 Å². The van der Waals surface area contributed by atoms with Crippen LogP contribution in [0, 0.1) is 0 Å². The van der Waals surface area contributed by atoms with Crippen molar-refractivity contribution in [3.05, 3.63) is 59.7 Å². The highest BCUT2D eigenvalue weighted by Gasteiger charge is 2.42. The summed E-state index contributed by atoms with van der Waals surface area (Å²) in [4.78, 5) is 26.6. The quantitative estimate of drug-likeness (QED) is 0.478. The fourth-order valence-corrected chi connectivity index (χ4v) is 4.28. The molecule has 5 rings (SSSR count). The van der Waals surface area contributed by atoms with Crippen LogP contribution in [0.5, 0.6) is 40.2 Å². The number of Topliss-reactive ketones (excluding diaryl/α,β-unsaturated/α-hetero) is 1. The first-order chi connectivity index (χ1) is 18.4. The third kappa shape index (κ3) is 4.54. The van der Waals surface area contributed by atoms with Crippen LogP contribution in [0.1, 0.15) is 22.0 Å². The maximum Gasteiger partial charge on any atom is 0.412 e. The van der Waals surface area contributed by atoms with E-state index in [9.17, 15) is 9.59 Å². The number of nitrogens with one attached hydrogen (secondary N) is 1. The summed E-state index contributed by atoms with van der Waals surface area (Å²) in [6.07, 6.45) is -3.16. The Labute approximate surface area is 218 Å². The largest absolute Gasteiger partial charge is 0.497 e. The van der Waals surface area contributed by atoms with Gasteiger partial charge in [-0.2, -0.15) is 0 Å². The molecule has 0 bridgehead atoms. The van der Waals surface area contributed by atoms with Crippen LogP contribution in [-0.4, -0.2) is 53.2 Å². The van der Waals surface area contributed by atoms with Crippen molar-refractivity contribution in [1.82, 2.24) is 0 Å². The number of benzene rings is 3. The molecule has 1 amide bonds. The molecule has 198 valence electrons. The van der Waals surface area contributed by atoms with Crippen LogP contribution < -0.4 is 38.5 Å². The molecule has 0 radical (unpaired) electrons. The molecule has 2 aliphatic rings.